The first-order valence-corrected chi connectivity index (χ1v) is 9.40. The lowest BCUT2D eigenvalue weighted by Crippen LogP contribution is -2.28. The second kappa shape index (κ2) is 7.70. The number of anilines is 1. The first-order chi connectivity index (χ1) is 13.3. The van der Waals surface area contributed by atoms with Gasteiger partial charge in [-0.2, -0.15) is 10.1 Å². The van der Waals surface area contributed by atoms with E-state index < -0.39 is 0 Å². The SMILES string of the molecule is CCOc1ccc(C2CC(c3ccc(OCC)cc3)n3ncnc3N2)cc1. The lowest BCUT2D eigenvalue weighted by molar-refractivity contribution is 0.339. The van der Waals surface area contributed by atoms with Gasteiger partial charge in [-0.1, -0.05) is 24.3 Å². The topological polar surface area (TPSA) is 61.2 Å². The van der Waals surface area contributed by atoms with Gasteiger partial charge in [-0.25, -0.2) is 4.68 Å². The van der Waals surface area contributed by atoms with Gasteiger partial charge in [-0.3, -0.25) is 0 Å². The van der Waals surface area contributed by atoms with Gasteiger partial charge < -0.3 is 14.8 Å². The Hall–Kier alpha value is -3.02. The standard InChI is InChI=1S/C21H24N4O2/c1-3-26-17-9-5-15(6-10-17)19-13-20(25-21(24-19)22-14-23-25)16-7-11-18(12-8-16)27-4-2/h5-12,14,19-20H,3-4,13H2,1-2H3,(H,22,23,24). The smallest absolute Gasteiger partial charge is 0.222 e. The summed E-state index contributed by atoms with van der Waals surface area (Å²) in [5.41, 5.74) is 2.41. The molecular weight excluding hydrogens is 340 g/mol. The van der Waals surface area contributed by atoms with E-state index in [0.29, 0.717) is 13.2 Å². The first-order valence-electron chi connectivity index (χ1n) is 9.40. The summed E-state index contributed by atoms with van der Waals surface area (Å²) in [4.78, 5) is 4.39. The van der Waals surface area contributed by atoms with Gasteiger partial charge in [0.2, 0.25) is 5.95 Å². The maximum absolute atomic E-state index is 5.57. The number of nitrogens with one attached hydrogen (secondary N) is 1. The van der Waals surface area contributed by atoms with E-state index in [-0.39, 0.29) is 12.1 Å². The molecular formula is C21H24N4O2. The highest BCUT2D eigenvalue weighted by Crippen LogP contribution is 2.38. The molecule has 2 atom stereocenters. The van der Waals surface area contributed by atoms with E-state index in [1.165, 1.54) is 11.1 Å². The van der Waals surface area contributed by atoms with E-state index >= 15 is 0 Å². The van der Waals surface area contributed by atoms with Crippen LogP contribution in [0.5, 0.6) is 11.5 Å². The highest BCUT2D eigenvalue weighted by atomic mass is 16.5. The Balaban J connectivity index is 1.60. The number of hydrogen-bond donors (Lipinski definition) is 1. The molecule has 1 N–H and O–H groups in total. The van der Waals surface area contributed by atoms with Crippen molar-refractivity contribution in [2.75, 3.05) is 18.5 Å². The van der Waals surface area contributed by atoms with Crippen molar-refractivity contribution in [2.45, 2.75) is 32.4 Å². The minimum Gasteiger partial charge on any atom is -0.494 e. The Morgan fingerprint density at radius 1 is 0.926 bits per heavy atom. The molecule has 27 heavy (non-hydrogen) atoms. The quantitative estimate of drug-likeness (QED) is 0.709. The molecule has 1 aliphatic heterocycles. The van der Waals surface area contributed by atoms with Crippen molar-refractivity contribution in [2.24, 2.45) is 0 Å². The van der Waals surface area contributed by atoms with Crippen molar-refractivity contribution in [1.29, 1.82) is 0 Å². The van der Waals surface area contributed by atoms with Crippen LogP contribution in [0.25, 0.3) is 0 Å². The van der Waals surface area contributed by atoms with Crippen LogP contribution >= 0.6 is 0 Å². The summed E-state index contributed by atoms with van der Waals surface area (Å²) in [6, 6.07) is 16.8. The summed E-state index contributed by atoms with van der Waals surface area (Å²) in [6.07, 6.45) is 2.49. The number of fused-ring (bicyclic) bond motifs is 1. The lowest BCUT2D eigenvalue weighted by Gasteiger charge is -2.32. The maximum atomic E-state index is 5.57. The summed E-state index contributed by atoms with van der Waals surface area (Å²) < 4.78 is 13.1. The molecule has 0 radical (unpaired) electrons. The van der Waals surface area contributed by atoms with E-state index in [2.05, 4.69) is 39.7 Å². The number of hydrogen-bond acceptors (Lipinski definition) is 5. The molecule has 0 saturated heterocycles. The van der Waals surface area contributed by atoms with Crippen LogP contribution in [0.4, 0.5) is 5.95 Å². The molecule has 6 nitrogen and oxygen atoms in total. The molecule has 0 amide bonds. The molecule has 2 unspecified atom stereocenters. The molecule has 1 aromatic heterocycles. The first kappa shape index (κ1) is 17.4. The van der Waals surface area contributed by atoms with E-state index in [9.17, 15) is 0 Å². The molecule has 1 aliphatic rings. The van der Waals surface area contributed by atoms with Crippen LogP contribution in [-0.2, 0) is 0 Å². The van der Waals surface area contributed by atoms with Gasteiger partial charge in [0.1, 0.15) is 17.8 Å². The molecule has 4 rings (SSSR count). The van der Waals surface area contributed by atoms with Gasteiger partial charge >= 0.3 is 0 Å². The fourth-order valence-corrected chi connectivity index (χ4v) is 3.53. The van der Waals surface area contributed by atoms with Gasteiger partial charge in [0.25, 0.3) is 0 Å². The lowest BCUT2D eigenvalue weighted by atomic mass is 9.93. The molecule has 0 spiro atoms. The van der Waals surface area contributed by atoms with Gasteiger partial charge in [0, 0.05) is 0 Å². The van der Waals surface area contributed by atoms with Crippen LogP contribution in [0.3, 0.4) is 0 Å². The molecule has 140 valence electrons. The predicted molar refractivity (Wildman–Crippen MR) is 104 cm³/mol. The molecule has 2 aromatic carbocycles. The molecule has 0 fully saturated rings. The molecule has 0 saturated carbocycles. The zero-order valence-electron chi connectivity index (χ0n) is 15.6. The average Bonchev–Trinajstić information content (AvgIpc) is 3.18. The normalized spacial score (nSPS) is 18.4. The zero-order chi connectivity index (χ0) is 18.6. The van der Waals surface area contributed by atoms with Crippen molar-refractivity contribution >= 4 is 5.95 Å². The van der Waals surface area contributed by atoms with E-state index in [0.717, 1.165) is 23.9 Å². The molecule has 0 bridgehead atoms. The number of aromatic nitrogens is 3. The summed E-state index contributed by atoms with van der Waals surface area (Å²) in [5, 5.41) is 7.93. The molecule has 2 heterocycles. The minimum atomic E-state index is 0.121. The highest BCUT2D eigenvalue weighted by Gasteiger charge is 2.29. The Kier molecular flexibility index (Phi) is 4.96. The highest BCUT2D eigenvalue weighted by molar-refractivity contribution is 5.40. The fourth-order valence-electron chi connectivity index (χ4n) is 3.53. The van der Waals surface area contributed by atoms with Gasteiger partial charge in [-0.05, 0) is 55.7 Å². The predicted octanol–water partition coefficient (Wildman–Crippen LogP) is 4.22. The van der Waals surface area contributed by atoms with Crippen molar-refractivity contribution in [3.8, 4) is 11.5 Å². The van der Waals surface area contributed by atoms with Gasteiger partial charge in [0.05, 0.1) is 25.3 Å². The third-order valence-electron chi connectivity index (χ3n) is 4.80. The van der Waals surface area contributed by atoms with Crippen LogP contribution in [0.2, 0.25) is 0 Å². The van der Waals surface area contributed by atoms with Crippen molar-refractivity contribution in [3.63, 3.8) is 0 Å². The maximum Gasteiger partial charge on any atom is 0.222 e. The minimum absolute atomic E-state index is 0.121. The van der Waals surface area contributed by atoms with Crippen molar-refractivity contribution in [3.05, 3.63) is 66.0 Å². The van der Waals surface area contributed by atoms with Crippen LogP contribution in [-0.4, -0.2) is 28.0 Å². The summed E-state index contributed by atoms with van der Waals surface area (Å²) in [6.45, 7) is 5.32. The van der Waals surface area contributed by atoms with E-state index in [4.69, 9.17) is 9.47 Å². The van der Waals surface area contributed by atoms with Gasteiger partial charge in [-0.15, -0.1) is 0 Å². The Morgan fingerprint density at radius 2 is 1.52 bits per heavy atom. The van der Waals surface area contributed by atoms with Crippen LogP contribution in [0.1, 0.15) is 43.5 Å². The average molecular weight is 364 g/mol. The number of benzene rings is 2. The van der Waals surface area contributed by atoms with Crippen LogP contribution in [0, 0.1) is 0 Å². The van der Waals surface area contributed by atoms with Crippen molar-refractivity contribution < 1.29 is 9.47 Å². The number of nitrogens with zero attached hydrogens (tertiary/aromatic N) is 3. The number of ether oxygens (including phenoxy) is 2. The van der Waals surface area contributed by atoms with Gasteiger partial charge in [0.15, 0.2) is 0 Å². The Bertz CT molecular complexity index is 874. The largest absolute Gasteiger partial charge is 0.494 e. The second-order valence-electron chi connectivity index (χ2n) is 6.48. The molecule has 6 heteroatoms. The third-order valence-corrected chi connectivity index (χ3v) is 4.80. The monoisotopic (exact) mass is 364 g/mol. The van der Waals surface area contributed by atoms with E-state index in [1.54, 1.807) is 6.33 Å². The van der Waals surface area contributed by atoms with Crippen molar-refractivity contribution in [1.82, 2.24) is 14.8 Å². The zero-order valence-corrected chi connectivity index (χ0v) is 15.6. The van der Waals surface area contributed by atoms with Crippen LogP contribution < -0.4 is 14.8 Å². The third kappa shape index (κ3) is 3.60. The summed E-state index contributed by atoms with van der Waals surface area (Å²) in [5.74, 6) is 2.57. The summed E-state index contributed by atoms with van der Waals surface area (Å²) in [7, 11) is 0. The fraction of sp³-hybridized carbons (Fsp3) is 0.333. The summed E-state index contributed by atoms with van der Waals surface area (Å²) >= 11 is 0. The second-order valence-corrected chi connectivity index (χ2v) is 6.48. The Labute approximate surface area is 159 Å². The number of rotatable bonds is 6. The van der Waals surface area contributed by atoms with Crippen LogP contribution in [0.15, 0.2) is 54.9 Å². The molecule has 3 aromatic rings. The van der Waals surface area contributed by atoms with E-state index in [1.807, 2.05) is 42.8 Å². The Morgan fingerprint density at radius 3 is 2.11 bits per heavy atom. The molecule has 0 aliphatic carbocycles.